The third-order valence-corrected chi connectivity index (χ3v) is 7.95. The Kier molecular flexibility index (Phi) is 10.6. The number of carbonyl (C=O) groups excluding carboxylic acids is 3. The number of benzene rings is 2. The summed E-state index contributed by atoms with van der Waals surface area (Å²) in [5, 5.41) is 18.9. The smallest absolute Gasteiger partial charge is 0.417 e. The molecule has 0 bridgehead atoms. The van der Waals surface area contributed by atoms with Gasteiger partial charge in [-0.1, -0.05) is 23.7 Å². The van der Waals surface area contributed by atoms with Crippen LogP contribution in [0.15, 0.2) is 59.5 Å². The van der Waals surface area contributed by atoms with Crippen LogP contribution < -0.4 is 26.4 Å². The van der Waals surface area contributed by atoms with Gasteiger partial charge in [-0.05, 0) is 102 Å². The summed E-state index contributed by atoms with van der Waals surface area (Å²) < 4.78 is 5.65. The maximum atomic E-state index is 13.3. The number of fused-ring (bicyclic) bond motifs is 1. The molecule has 1 aliphatic rings. The Labute approximate surface area is 282 Å². The fourth-order valence-electron chi connectivity index (χ4n) is 5.30. The van der Waals surface area contributed by atoms with E-state index >= 15 is 0 Å². The van der Waals surface area contributed by atoms with Crippen molar-refractivity contribution < 1.29 is 24.2 Å². The van der Waals surface area contributed by atoms with Crippen LogP contribution in [-0.4, -0.2) is 69.2 Å². The van der Waals surface area contributed by atoms with Gasteiger partial charge in [0, 0.05) is 29.7 Å². The summed E-state index contributed by atoms with van der Waals surface area (Å²) in [7, 11) is 0. The standard InChI is InChI=1S/C34H38ClN7O6/c1-34(2,3)48-33(47)42(23-11-14-36-15-12-23)32-38-19-22-17-25(31(46)40-28(22)41-32)30(45)39-27-18-21(9-10-26(27)35)29(44)37-13-5-7-20-6-4-8-24(43)16-20/h4,6,8-10,16-19,23,36,43H,5,7,11-15H2,1-3H3,(H,37,44)(H,39,45)(H,38,40,41,46). The van der Waals surface area contributed by atoms with E-state index in [1.54, 1.807) is 39.0 Å². The van der Waals surface area contributed by atoms with Crippen LogP contribution in [0.2, 0.25) is 5.02 Å². The maximum absolute atomic E-state index is 13.3. The van der Waals surface area contributed by atoms with E-state index in [4.69, 9.17) is 16.3 Å². The number of amides is 3. The molecule has 1 aliphatic heterocycles. The summed E-state index contributed by atoms with van der Waals surface area (Å²) >= 11 is 6.33. The van der Waals surface area contributed by atoms with Crippen molar-refractivity contribution >= 4 is 52.2 Å². The molecule has 48 heavy (non-hydrogen) atoms. The molecule has 4 aromatic rings. The number of halogens is 1. The van der Waals surface area contributed by atoms with Crippen LogP contribution in [0.4, 0.5) is 16.4 Å². The Morgan fingerprint density at radius 2 is 1.85 bits per heavy atom. The lowest BCUT2D eigenvalue weighted by Crippen LogP contribution is -2.49. The summed E-state index contributed by atoms with van der Waals surface area (Å²) in [5.74, 6) is -0.842. The summed E-state index contributed by atoms with van der Waals surface area (Å²) in [6.45, 7) is 7.15. The molecule has 13 nitrogen and oxygen atoms in total. The van der Waals surface area contributed by atoms with Crippen molar-refractivity contribution in [2.75, 3.05) is 29.9 Å². The molecule has 14 heteroatoms. The first-order chi connectivity index (χ1) is 22.9. The average Bonchev–Trinajstić information content (AvgIpc) is 3.03. The number of aromatic nitrogens is 3. The topological polar surface area (TPSA) is 179 Å². The number of aromatic amines is 1. The first kappa shape index (κ1) is 34.3. The molecule has 1 saturated heterocycles. The van der Waals surface area contributed by atoms with Crippen LogP contribution in [0, 0.1) is 0 Å². The molecule has 0 spiro atoms. The number of nitrogens with one attached hydrogen (secondary N) is 4. The van der Waals surface area contributed by atoms with Crippen LogP contribution in [0.5, 0.6) is 5.75 Å². The van der Waals surface area contributed by atoms with E-state index in [2.05, 4.69) is 30.9 Å². The third kappa shape index (κ3) is 8.66. The number of anilines is 2. The highest BCUT2D eigenvalue weighted by Gasteiger charge is 2.33. The van der Waals surface area contributed by atoms with Gasteiger partial charge in [0.25, 0.3) is 17.4 Å². The maximum Gasteiger partial charge on any atom is 0.417 e. The molecule has 0 saturated carbocycles. The minimum Gasteiger partial charge on any atom is -0.508 e. The van der Waals surface area contributed by atoms with E-state index in [0.29, 0.717) is 50.7 Å². The number of aromatic hydroxyl groups is 1. The monoisotopic (exact) mass is 675 g/mol. The molecule has 5 N–H and O–H groups in total. The summed E-state index contributed by atoms with van der Waals surface area (Å²) in [4.78, 5) is 65.3. The van der Waals surface area contributed by atoms with Crippen molar-refractivity contribution in [3.8, 4) is 5.75 Å². The van der Waals surface area contributed by atoms with Crippen LogP contribution in [0.3, 0.4) is 0 Å². The molecular weight excluding hydrogens is 638 g/mol. The molecule has 0 atom stereocenters. The van der Waals surface area contributed by atoms with E-state index in [0.717, 1.165) is 5.56 Å². The predicted octanol–water partition coefficient (Wildman–Crippen LogP) is 4.79. The Balaban J connectivity index is 1.29. The normalized spacial score (nSPS) is 13.6. The van der Waals surface area contributed by atoms with Gasteiger partial charge in [0.15, 0.2) is 0 Å². The number of hydrogen-bond acceptors (Lipinski definition) is 9. The molecule has 2 aromatic heterocycles. The second-order valence-corrected chi connectivity index (χ2v) is 12.9. The molecule has 0 unspecified atom stereocenters. The zero-order chi connectivity index (χ0) is 34.4. The average molecular weight is 676 g/mol. The zero-order valence-electron chi connectivity index (χ0n) is 26.9. The molecule has 252 valence electrons. The van der Waals surface area contributed by atoms with Crippen molar-refractivity contribution in [2.45, 2.75) is 58.1 Å². The Morgan fingerprint density at radius 3 is 2.58 bits per heavy atom. The number of ether oxygens (including phenoxy) is 1. The number of phenols is 1. The second-order valence-electron chi connectivity index (χ2n) is 12.5. The number of rotatable bonds is 9. The minimum atomic E-state index is -0.752. The SMILES string of the molecule is CC(C)(C)OC(=O)N(c1ncc2cc(C(=O)Nc3cc(C(=O)NCCCc4cccc(O)c4)ccc3Cl)c(=O)[nH]c2n1)C1CCNCC1. The van der Waals surface area contributed by atoms with Gasteiger partial charge in [0.1, 0.15) is 22.6 Å². The molecule has 0 aliphatic carbocycles. The van der Waals surface area contributed by atoms with Crippen molar-refractivity contribution in [3.05, 3.63) is 86.8 Å². The van der Waals surface area contributed by atoms with E-state index in [1.807, 2.05) is 6.07 Å². The number of piperidine rings is 1. The van der Waals surface area contributed by atoms with Crippen molar-refractivity contribution in [1.29, 1.82) is 0 Å². The van der Waals surface area contributed by atoms with Gasteiger partial charge in [-0.3, -0.25) is 14.4 Å². The van der Waals surface area contributed by atoms with E-state index in [-0.39, 0.29) is 51.1 Å². The number of aryl methyl sites for hydroxylation is 1. The van der Waals surface area contributed by atoms with Gasteiger partial charge < -0.3 is 30.8 Å². The van der Waals surface area contributed by atoms with Crippen LogP contribution in [0.25, 0.3) is 11.0 Å². The van der Waals surface area contributed by atoms with Crippen molar-refractivity contribution in [1.82, 2.24) is 25.6 Å². The lowest BCUT2D eigenvalue weighted by atomic mass is 10.1. The number of phenolic OH excluding ortho intramolecular Hbond substituents is 1. The molecule has 0 radical (unpaired) electrons. The lowest BCUT2D eigenvalue weighted by molar-refractivity contribution is 0.0556. The molecule has 1 fully saturated rings. The van der Waals surface area contributed by atoms with Crippen molar-refractivity contribution in [3.63, 3.8) is 0 Å². The fourth-order valence-corrected chi connectivity index (χ4v) is 5.46. The highest BCUT2D eigenvalue weighted by Crippen LogP contribution is 2.25. The van der Waals surface area contributed by atoms with Crippen LogP contribution in [-0.2, 0) is 11.2 Å². The number of pyridine rings is 1. The first-order valence-corrected chi connectivity index (χ1v) is 16.1. The number of carbonyl (C=O) groups is 3. The summed E-state index contributed by atoms with van der Waals surface area (Å²) in [5.41, 5.74) is -0.164. The Bertz CT molecular complexity index is 1880. The largest absolute Gasteiger partial charge is 0.508 e. The molecule has 3 amide bonds. The fraction of sp³-hybridized carbons (Fsp3) is 0.353. The van der Waals surface area contributed by atoms with Crippen LogP contribution in [0.1, 0.15) is 66.3 Å². The minimum absolute atomic E-state index is 0.0812. The van der Waals surface area contributed by atoms with Gasteiger partial charge in [-0.2, -0.15) is 4.98 Å². The predicted molar refractivity (Wildman–Crippen MR) is 183 cm³/mol. The molecular formula is C34H38ClN7O6. The van der Waals surface area contributed by atoms with Gasteiger partial charge in [0.05, 0.1) is 10.7 Å². The summed E-state index contributed by atoms with van der Waals surface area (Å²) in [6, 6.07) is 12.5. The first-order valence-electron chi connectivity index (χ1n) is 15.7. The summed E-state index contributed by atoms with van der Waals surface area (Å²) in [6.07, 6.45) is 3.50. The molecule has 5 rings (SSSR count). The Morgan fingerprint density at radius 1 is 1.08 bits per heavy atom. The lowest BCUT2D eigenvalue weighted by Gasteiger charge is -2.34. The van der Waals surface area contributed by atoms with Gasteiger partial charge >= 0.3 is 6.09 Å². The van der Waals surface area contributed by atoms with E-state index in [9.17, 15) is 24.3 Å². The highest BCUT2D eigenvalue weighted by atomic mass is 35.5. The second kappa shape index (κ2) is 14.8. The van der Waals surface area contributed by atoms with E-state index in [1.165, 1.54) is 35.4 Å². The number of nitrogens with zero attached hydrogens (tertiary/aromatic N) is 3. The number of H-pyrrole nitrogens is 1. The highest BCUT2D eigenvalue weighted by molar-refractivity contribution is 6.34. The molecule has 3 heterocycles. The van der Waals surface area contributed by atoms with Gasteiger partial charge in [-0.25, -0.2) is 14.7 Å². The van der Waals surface area contributed by atoms with Gasteiger partial charge in [-0.15, -0.1) is 0 Å². The Hall–Kier alpha value is -5.01. The van der Waals surface area contributed by atoms with Crippen LogP contribution >= 0.6 is 11.6 Å². The third-order valence-electron chi connectivity index (χ3n) is 7.62. The zero-order valence-corrected chi connectivity index (χ0v) is 27.7. The van der Waals surface area contributed by atoms with E-state index < -0.39 is 23.2 Å². The quantitative estimate of drug-likeness (QED) is 0.156. The molecule has 2 aromatic carbocycles. The van der Waals surface area contributed by atoms with Crippen molar-refractivity contribution in [2.24, 2.45) is 0 Å². The van der Waals surface area contributed by atoms with Gasteiger partial charge in [0.2, 0.25) is 5.95 Å². The number of hydrogen-bond donors (Lipinski definition) is 5.